The lowest BCUT2D eigenvalue weighted by Gasteiger charge is -2.29. The Balaban J connectivity index is 1.78. The van der Waals surface area contributed by atoms with Crippen LogP contribution < -0.4 is 71.0 Å². The van der Waals surface area contributed by atoms with Crippen LogP contribution in [0.1, 0.15) is 39.7 Å². The highest BCUT2D eigenvalue weighted by atomic mass is 16.3. The second kappa shape index (κ2) is 13.1. The van der Waals surface area contributed by atoms with Crippen LogP contribution in [0.5, 0.6) is 0 Å². The molecule has 2 aliphatic carbocycles. The molecule has 192 valence electrons. The monoisotopic (exact) mass is 602 g/mol. The van der Waals surface area contributed by atoms with Crippen LogP contribution in [-0.2, 0) is 0 Å². The van der Waals surface area contributed by atoms with Gasteiger partial charge in [-0.05, 0) is 29.4 Å². The van der Waals surface area contributed by atoms with Crippen molar-refractivity contribution in [3.63, 3.8) is 0 Å². The molecule has 0 saturated carbocycles. The lowest BCUT2D eigenvalue weighted by molar-refractivity contribution is 0.560. The van der Waals surface area contributed by atoms with Gasteiger partial charge in [0.1, 0.15) is 153 Å². The van der Waals surface area contributed by atoms with E-state index in [0.29, 0.717) is 5.56 Å². The van der Waals surface area contributed by atoms with Gasteiger partial charge in [-0.1, -0.05) is 38.5 Å². The molecule has 0 saturated heterocycles. The maximum Gasteiger partial charge on any atom is 0.141 e. The lowest BCUT2D eigenvalue weighted by Crippen LogP contribution is -2.56. The summed E-state index contributed by atoms with van der Waals surface area (Å²) >= 11 is 0. The van der Waals surface area contributed by atoms with E-state index < -0.39 is 11.7 Å². The zero-order valence-electron chi connectivity index (χ0n) is 27.5. The topological polar surface area (TPSA) is 13.1 Å². The standard InChI is InChI=1S/C31H5B19O/c1-2-3(12(33)24(45)21(42)11(2)32)4-7(18(39)28(49)25(46)13(4)34)30-9-10(20(41)23(44)19(9)40)31(51-30)8-5(14(35)22(43)17(8)38)6-15(36)26(47)29(50)27(48)16(6)37/h5,20H,1H3. The highest BCUT2D eigenvalue weighted by Gasteiger charge is 2.40. The maximum atomic E-state index is 6.75. The second-order valence-electron chi connectivity index (χ2n) is 12.6. The molecule has 20 heteroatoms. The van der Waals surface area contributed by atoms with Gasteiger partial charge in [-0.25, -0.2) is 0 Å². The summed E-state index contributed by atoms with van der Waals surface area (Å²) < 4.78 is 6.73. The van der Waals surface area contributed by atoms with Crippen molar-refractivity contribution >= 4 is 231 Å². The third-order valence-corrected chi connectivity index (χ3v) is 9.99. The molecular formula is C31H5B19O. The summed E-state index contributed by atoms with van der Waals surface area (Å²) in [6.45, 7) is 1.66. The van der Waals surface area contributed by atoms with E-state index >= 15 is 0 Å². The van der Waals surface area contributed by atoms with Crippen LogP contribution in [0.25, 0.3) is 33.5 Å². The zero-order valence-corrected chi connectivity index (χ0v) is 27.5. The molecule has 0 N–H and O–H groups in total. The quantitative estimate of drug-likeness (QED) is 0.213. The van der Waals surface area contributed by atoms with Crippen molar-refractivity contribution < 1.29 is 4.42 Å². The molecule has 6 rings (SSSR count). The zero-order chi connectivity index (χ0) is 38.0. The van der Waals surface area contributed by atoms with Crippen molar-refractivity contribution in [2.24, 2.45) is 0 Å². The van der Waals surface area contributed by atoms with Crippen molar-refractivity contribution in [2.45, 2.75) is 18.7 Å². The smallest absolute Gasteiger partial charge is 0.141 e. The Labute approximate surface area is 324 Å². The molecule has 0 aliphatic heterocycles. The summed E-state index contributed by atoms with van der Waals surface area (Å²) in [5.41, 5.74) is 1.73. The van der Waals surface area contributed by atoms with Crippen LogP contribution in [0.4, 0.5) is 0 Å². The number of furan rings is 1. The molecule has 51 heavy (non-hydrogen) atoms. The van der Waals surface area contributed by atoms with Gasteiger partial charge in [0.25, 0.3) is 0 Å². The Morgan fingerprint density at radius 1 is 0.373 bits per heavy atom. The van der Waals surface area contributed by atoms with Gasteiger partial charge >= 0.3 is 0 Å². The fourth-order valence-corrected chi connectivity index (χ4v) is 6.96. The van der Waals surface area contributed by atoms with Crippen LogP contribution in [-0.4, -0.2) is 149 Å². The molecule has 0 spiro atoms. The van der Waals surface area contributed by atoms with Crippen molar-refractivity contribution in [1.82, 2.24) is 0 Å². The van der Waals surface area contributed by atoms with Crippen molar-refractivity contribution in [1.29, 1.82) is 0 Å². The van der Waals surface area contributed by atoms with E-state index in [-0.39, 0.29) is 149 Å². The first-order valence-corrected chi connectivity index (χ1v) is 15.1. The second-order valence-corrected chi connectivity index (χ2v) is 12.6. The highest BCUT2D eigenvalue weighted by molar-refractivity contribution is 6.69. The summed E-state index contributed by atoms with van der Waals surface area (Å²) in [6.07, 6.45) is 0. The van der Waals surface area contributed by atoms with E-state index in [0.717, 1.165) is 0 Å². The third kappa shape index (κ3) is 5.17. The SMILES string of the molecule is [B]C1=C([B])C(c2c([B])c([B])c([B])c([B])c2[B])C(c2oc(-c3c([B])c([B])c([B])c([B])c3-c3c([B])c([B])c([B])c([B])c3C)c3c2C([B])C([B])=C3[B])=C1[B]. The van der Waals surface area contributed by atoms with Gasteiger partial charge in [-0.2, -0.15) is 0 Å². The Kier molecular flexibility index (Phi) is 9.76. The number of hydrogen-bond acceptors (Lipinski definition) is 1. The molecule has 38 radical (unpaired) electrons. The average Bonchev–Trinajstić information content (AvgIpc) is 3.66. The third-order valence-electron chi connectivity index (χ3n) is 9.99. The van der Waals surface area contributed by atoms with Gasteiger partial charge < -0.3 is 4.42 Å². The van der Waals surface area contributed by atoms with Gasteiger partial charge in [0.2, 0.25) is 0 Å². The minimum absolute atomic E-state index is 0.00619. The summed E-state index contributed by atoms with van der Waals surface area (Å²) in [6, 6.07) is 0. The molecule has 3 aromatic carbocycles. The summed E-state index contributed by atoms with van der Waals surface area (Å²) in [5.74, 6) is -2.10. The molecule has 2 atom stereocenters. The van der Waals surface area contributed by atoms with Crippen LogP contribution >= 0.6 is 0 Å². The van der Waals surface area contributed by atoms with Crippen LogP contribution in [0.2, 0.25) is 0 Å². The van der Waals surface area contributed by atoms with Crippen molar-refractivity contribution in [3.05, 3.63) is 49.9 Å². The van der Waals surface area contributed by atoms with E-state index in [1.807, 2.05) is 0 Å². The minimum Gasteiger partial charge on any atom is -0.456 e. The van der Waals surface area contributed by atoms with Crippen LogP contribution in [0, 0.1) is 6.92 Å². The first kappa shape index (κ1) is 38.1. The van der Waals surface area contributed by atoms with Crippen LogP contribution in [0.15, 0.2) is 26.3 Å². The van der Waals surface area contributed by atoms with E-state index in [1.165, 1.54) is 0 Å². The van der Waals surface area contributed by atoms with Gasteiger partial charge in [0.15, 0.2) is 0 Å². The maximum absolute atomic E-state index is 6.75. The molecule has 0 bridgehead atoms. The molecule has 2 aliphatic rings. The van der Waals surface area contributed by atoms with Crippen molar-refractivity contribution in [2.75, 3.05) is 0 Å². The molecule has 1 aromatic heterocycles. The van der Waals surface area contributed by atoms with E-state index in [9.17, 15) is 0 Å². The number of allylic oxidation sites excluding steroid dienone is 5. The summed E-state index contributed by atoms with van der Waals surface area (Å²) in [5, 5.41) is 0. The fourth-order valence-electron chi connectivity index (χ4n) is 6.96. The van der Waals surface area contributed by atoms with Gasteiger partial charge in [0, 0.05) is 22.6 Å². The normalized spacial score (nSPS) is 17.2. The first-order chi connectivity index (χ1) is 23.7. The van der Waals surface area contributed by atoms with Gasteiger partial charge in [-0.15, -0.1) is 71.0 Å². The number of hydrogen-bond donors (Lipinski definition) is 0. The molecule has 0 amide bonds. The molecule has 4 aromatic rings. The van der Waals surface area contributed by atoms with E-state index in [1.54, 1.807) is 6.92 Å². The Hall–Kier alpha value is -2.61. The van der Waals surface area contributed by atoms with Gasteiger partial charge in [0.05, 0.1) is 7.85 Å². The minimum atomic E-state index is -1.08. The molecule has 0 fully saturated rings. The van der Waals surface area contributed by atoms with Gasteiger partial charge in [-0.3, -0.25) is 0 Å². The Morgan fingerprint density at radius 2 is 0.804 bits per heavy atom. The fraction of sp³-hybridized carbons (Fsp3) is 0.0968. The number of fused-ring (bicyclic) bond motifs is 1. The average molecular weight is 599 g/mol. The van der Waals surface area contributed by atoms with Crippen molar-refractivity contribution in [3.8, 4) is 22.5 Å². The Morgan fingerprint density at radius 3 is 1.33 bits per heavy atom. The first-order valence-electron chi connectivity index (χ1n) is 15.1. The predicted molar refractivity (Wildman–Crippen MR) is 232 cm³/mol. The van der Waals surface area contributed by atoms with E-state index in [4.69, 9.17) is 153 Å². The number of benzene rings is 3. The summed E-state index contributed by atoms with van der Waals surface area (Å²) in [7, 11) is 123. The molecule has 1 heterocycles. The number of rotatable bonds is 4. The molecule has 2 unspecified atom stereocenters. The predicted octanol–water partition coefficient (Wildman–Crippen LogP) is -10.3. The summed E-state index contributed by atoms with van der Waals surface area (Å²) in [4.78, 5) is 0. The lowest BCUT2D eigenvalue weighted by atomic mass is 9.57. The largest absolute Gasteiger partial charge is 0.456 e. The van der Waals surface area contributed by atoms with Crippen LogP contribution in [0.3, 0.4) is 0 Å². The highest BCUT2D eigenvalue weighted by Crippen LogP contribution is 2.54. The molecular weight excluding hydrogens is 594 g/mol. The molecule has 1 nitrogen and oxygen atoms in total. The Bertz CT molecular complexity index is 2320. The van der Waals surface area contributed by atoms with E-state index in [2.05, 4.69) is 0 Å².